The van der Waals surface area contributed by atoms with Crippen LogP contribution in [0, 0.1) is 0 Å². The predicted molar refractivity (Wildman–Crippen MR) is 83.4 cm³/mol. The molecule has 21 heavy (non-hydrogen) atoms. The van der Waals surface area contributed by atoms with E-state index in [1.165, 1.54) is 32.4 Å². The molecule has 0 bridgehead atoms. The van der Waals surface area contributed by atoms with E-state index in [0.29, 0.717) is 11.6 Å². The number of nitrogens with zero attached hydrogens (tertiary/aromatic N) is 3. The molecule has 0 aromatic carbocycles. The van der Waals surface area contributed by atoms with E-state index >= 15 is 0 Å². The van der Waals surface area contributed by atoms with Crippen LogP contribution in [0.25, 0.3) is 0 Å². The van der Waals surface area contributed by atoms with Crippen molar-refractivity contribution in [2.45, 2.75) is 31.7 Å². The van der Waals surface area contributed by atoms with Gasteiger partial charge in [-0.3, -0.25) is 9.69 Å². The van der Waals surface area contributed by atoms with Crippen molar-refractivity contribution in [3.63, 3.8) is 0 Å². The fourth-order valence-corrected chi connectivity index (χ4v) is 3.55. The number of halogens is 1. The summed E-state index contributed by atoms with van der Waals surface area (Å²) in [4.78, 5) is 20.9. The van der Waals surface area contributed by atoms with Crippen LogP contribution in [0.2, 0.25) is 5.15 Å². The molecule has 3 rings (SSSR count). The van der Waals surface area contributed by atoms with Gasteiger partial charge in [-0.05, 0) is 44.5 Å². The zero-order valence-corrected chi connectivity index (χ0v) is 12.9. The number of pyridine rings is 1. The Kier molecular flexibility index (Phi) is 4.31. The summed E-state index contributed by atoms with van der Waals surface area (Å²) in [5.74, 6) is 0.295. The average molecular weight is 309 g/mol. The monoisotopic (exact) mass is 308 g/mol. The van der Waals surface area contributed by atoms with Gasteiger partial charge in [-0.15, -0.1) is 0 Å². The molecule has 2 saturated heterocycles. The van der Waals surface area contributed by atoms with Gasteiger partial charge in [0.25, 0.3) is 5.91 Å². The molecule has 2 fully saturated rings. The Hall–Kier alpha value is -1.33. The molecule has 2 aliphatic heterocycles. The minimum atomic E-state index is 0.00510. The summed E-state index contributed by atoms with van der Waals surface area (Å²) >= 11 is 5.88. The third-order valence-electron chi connectivity index (χ3n) is 4.42. The number of rotatable bonds is 2. The summed E-state index contributed by atoms with van der Waals surface area (Å²) in [6.07, 6.45) is 4.95. The predicted octanol–water partition coefficient (Wildman–Crippen LogP) is 2.02. The smallest absolute Gasteiger partial charge is 0.254 e. The first-order chi connectivity index (χ1) is 10.1. The summed E-state index contributed by atoms with van der Waals surface area (Å²) in [6, 6.07) is 3.69. The van der Waals surface area contributed by atoms with Crippen molar-refractivity contribution in [3.05, 3.63) is 22.8 Å². The van der Waals surface area contributed by atoms with E-state index in [1.54, 1.807) is 12.1 Å². The first-order valence-electron chi connectivity index (χ1n) is 7.60. The third-order valence-corrected chi connectivity index (χ3v) is 4.61. The second kappa shape index (κ2) is 6.20. The molecule has 1 aromatic rings. The van der Waals surface area contributed by atoms with E-state index in [-0.39, 0.29) is 16.9 Å². The highest BCUT2D eigenvalue weighted by Crippen LogP contribution is 2.22. The molecule has 1 amide bonds. The number of piperidine rings is 1. The maximum Gasteiger partial charge on any atom is 0.254 e. The van der Waals surface area contributed by atoms with Crippen LogP contribution in [0.4, 0.5) is 5.82 Å². The van der Waals surface area contributed by atoms with Crippen LogP contribution in [-0.2, 0) is 0 Å². The topological polar surface area (TPSA) is 62.5 Å². The van der Waals surface area contributed by atoms with Crippen LogP contribution in [0.15, 0.2) is 12.1 Å². The summed E-state index contributed by atoms with van der Waals surface area (Å²) in [5, 5.41) is 0.269. The second-order valence-electron chi connectivity index (χ2n) is 5.89. The molecule has 2 aliphatic rings. The standard InChI is InChI=1S/C15H21ClN4O/c16-13-8-11(9-14(17)18-13)15(21)20-7-4-12(10-20)19-5-2-1-3-6-19/h8-9,12H,1-7,10H2,(H2,17,18). The van der Waals surface area contributed by atoms with Crippen LogP contribution in [0.1, 0.15) is 36.0 Å². The van der Waals surface area contributed by atoms with Crippen molar-refractivity contribution >= 4 is 23.3 Å². The Morgan fingerprint density at radius 3 is 2.71 bits per heavy atom. The molecule has 3 heterocycles. The van der Waals surface area contributed by atoms with E-state index in [4.69, 9.17) is 17.3 Å². The summed E-state index contributed by atoms with van der Waals surface area (Å²) in [5.41, 5.74) is 6.20. The van der Waals surface area contributed by atoms with Gasteiger partial charge in [-0.2, -0.15) is 0 Å². The number of anilines is 1. The van der Waals surface area contributed by atoms with Gasteiger partial charge in [0.2, 0.25) is 0 Å². The molecule has 1 aromatic heterocycles. The van der Waals surface area contributed by atoms with Gasteiger partial charge in [0.1, 0.15) is 11.0 Å². The van der Waals surface area contributed by atoms with Crippen molar-refractivity contribution in [1.29, 1.82) is 0 Å². The highest BCUT2D eigenvalue weighted by atomic mass is 35.5. The number of amides is 1. The van der Waals surface area contributed by atoms with Crippen LogP contribution in [-0.4, -0.2) is 52.9 Å². The van der Waals surface area contributed by atoms with E-state index < -0.39 is 0 Å². The third kappa shape index (κ3) is 3.30. The van der Waals surface area contributed by atoms with E-state index in [1.807, 2.05) is 4.90 Å². The number of aromatic nitrogens is 1. The molecule has 0 radical (unpaired) electrons. The Morgan fingerprint density at radius 1 is 1.24 bits per heavy atom. The molecule has 6 heteroatoms. The quantitative estimate of drug-likeness (QED) is 0.849. The van der Waals surface area contributed by atoms with Gasteiger partial charge in [-0.1, -0.05) is 18.0 Å². The lowest BCUT2D eigenvalue weighted by molar-refractivity contribution is 0.0771. The number of carbonyl (C=O) groups excluding carboxylic acids is 1. The first-order valence-corrected chi connectivity index (χ1v) is 7.97. The maximum absolute atomic E-state index is 12.5. The Morgan fingerprint density at radius 2 is 2.00 bits per heavy atom. The fourth-order valence-electron chi connectivity index (χ4n) is 3.33. The second-order valence-corrected chi connectivity index (χ2v) is 6.28. The average Bonchev–Trinajstić information content (AvgIpc) is 2.96. The normalized spacial score (nSPS) is 23.5. The number of likely N-dealkylation sites (tertiary alicyclic amines) is 2. The number of hydrogen-bond acceptors (Lipinski definition) is 4. The SMILES string of the molecule is Nc1cc(C(=O)N2CCC(N3CCCCC3)C2)cc(Cl)n1. The molecule has 0 aliphatic carbocycles. The van der Waals surface area contributed by atoms with Crippen LogP contribution < -0.4 is 5.73 Å². The molecule has 1 atom stereocenters. The Balaban J connectivity index is 1.66. The highest BCUT2D eigenvalue weighted by Gasteiger charge is 2.31. The van der Waals surface area contributed by atoms with Gasteiger partial charge < -0.3 is 10.6 Å². The zero-order chi connectivity index (χ0) is 14.8. The minimum Gasteiger partial charge on any atom is -0.384 e. The molecule has 0 spiro atoms. The summed E-state index contributed by atoms with van der Waals surface area (Å²) < 4.78 is 0. The van der Waals surface area contributed by atoms with E-state index in [0.717, 1.165) is 19.5 Å². The maximum atomic E-state index is 12.5. The number of carbonyl (C=O) groups is 1. The molecule has 2 N–H and O–H groups in total. The van der Waals surface area contributed by atoms with Gasteiger partial charge in [0.15, 0.2) is 0 Å². The number of nitrogen functional groups attached to an aromatic ring is 1. The lowest BCUT2D eigenvalue weighted by Crippen LogP contribution is -2.41. The van der Waals surface area contributed by atoms with Crippen LogP contribution >= 0.6 is 11.6 Å². The van der Waals surface area contributed by atoms with Crippen molar-refractivity contribution in [1.82, 2.24) is 14.8 Å². The minimum absolute atomic E-state index is 0.00510. The fraction of sp³-hybridized carbons (Fsp3) is 0.600. The van der Waals surface area contributed by atoms with Gasteiger partial charge in [0.05, 0.1) is 0 Å². The summed E-state index contributed by atoms with van der Waals surface area (Å²) in [6.45, 7) is 3.94. The first kappa shape index (κ1) is 14.6. The molecule has 114 valence electrons. The van der Waals surface area contributed by atoms with Crippen molar-refractivity contribution < 1.29 is 4.79 Å². The molecule has 0 saturated carbocycles. The Bertz CT molecular complexity index is 510. The Labute approximate surface area is 130 Å². The molecular formula is C15H21ClN4O. The van der Waals surface area contributed by atoms with Gasteiger partial charge in [-0.25, -0.2) is 4.98 Å². The van der Waals surface area contributed by atoms with Crippen molar-refractivity contribution in [2.75, 3.05) is 31.9 Å². The zero-order valence-electron chi connectivity index (χ0n) is 12.1. The summed E-state index contributed by atoms with van der Waals surface area (Å²) in [7, 11) is 0. The van der Waals surface area contributed by atoms with E-state index in [9.17, 15) is 4.79 Å². The highest BCUT2D eigenvalue weighted by molar-refractivity contribution is 6.29. The van der Waals surface area contributed by atoms with E-state index in [2.05, 4.69) is 9.88 Å². The van der Waals surface area contributed by atoms with Crippen molar-refractivity contribution in [2.24, 2.45) is 0 Å². The molecular weight excluding hydrogens is 288 g/mol. The molecule has 1 unspecified atom stereocenters. The lowest BCUT2D eigenvalue weighted by Gasteiger charge is -2.32. The van der Waals surface area contributed by atoms with Crippen molar-refractivity contribution in [3.8, 4) is 0 Å². The van der Waals surface area contributed by atoms with Gasteiger partial charge in [0, 0.05) is 24.7 Å². The van der Waals surface area contributed by atoms with Crippen LogP contribution in [0.3, 0.4) is 0 Å². The van der Waals surface area contributed by atoms with Crippen LogP contribution in [0.5, 0.6) is 0 Å². The number of hydrogen-bond donors (Lipinski definition) is 1. The number of nitrogens with two attached hydrogens (primary N) is 1. The van der Waals surface area contributed by atoms with Gasteiger partial charge >= 0.3 is 0 Å². The molecule has 5 nitrogen and oxygen atoms in total. The largest absolute Gasteiger partial charge is 0.384 e. The lowest BCUT2D eigenvalue weighted by atomic mass is 10.1.